The molecule has 1 aliphatic carbocycles. The van der Waals surface area contributed by atoms with E-state index < -0.39 is 12.0 Å². The van der Waals surface area contributed by atoms with Crippen LogP contribution in [0, 0.1) is 17.8 Å². The summed E-state index contributed by atoms with van der Waals surface area (Å²) in [6.07, 6.45) is 1.45. The number of carbonyl (C=O) groups excluding carboxylic acids is 2. The van der Waals surface area contributed by atoms with Crippen molar-refractivity contribution in [3.8, 4) is 0 Å². The van der Waals surface area contributed by atoms with Gasteiger partial charge in [-0.3, -0.25) is 9.59 Å². The van der Waals surface area contributed by atoms with Crippen LogP contribution in [0.5, 0.6) is 0 Å². The third-order valence-corrected chi connectivity index (χ3v) is 3.50. The number of carbonyl (C=O) groups is 2. The van der Waals surface area contributed by atoms with Gasteiger partial charge in [0.1, 0.15) is 5.78 Å². The smallest absolute Gasteiger partial charge is 0.161 e. The number of rotatable bonds is 3. The molecule has 0 spiro atoms. The average molecular weight is 229 g/mol. The van der Waals surface area contributed by atoms with Crippen LogP contribution in [0.15, 0.2) is 0 Å². The monoisotopic (exact) mass is 229 g/mol. The molecule has 1 saturated carbocycles. The molecule has 2 N–H and O–H groups in total. The molecule has 0 aromatic heterocycles. The molecule has 0 heterocycles. The first-order chi connectivity index (χ1) is 6.97. The minimum atomic E-state index is -0.599. The van der Waals surface area contributed by atoms with Crippen LogP contribution < -0.4 is 5.73 Å². The first kappa shape index (κ1) is 12.7. The summed E-state index contributed by atoms with van der Waals surface area (Å²) in [4.78, 5) is 23.6. The van der Waals surface area contributed by atoms with E-state index in [1.54, 1.807) is 0 Å². The van der Waals surface area contributed by atoms with E-state index in [1.165, 1.54) is 0 Å². The predicted octanol–water partition coefficient (Wildman–Crippen LogP) is 1.06. The molecule has 15 heavy (non-hydrogen) atoms. The fourth-order valence-corrected chi connectivity index (χ4v) is 2.58. The fourth-order valence-electron chi connectivity index (χ4n) is 2.40. The molecule has 0 bridgehead atoms. The van der Waals surface area contributed by atoms with E-state index in [-0.39, 0.29) is 17.5 Å². The molecule has 0 aromatic carbocycles. The fraction of sp³-hybridized carbons (Fsp3) is 0.818. The number of nitrogens with two attached hydrogens (primary N) is 1. The second kappa shape index (κ2) is 5.12. The van der Waals surface area contributed by atoms with Gasteiger partial charge in [-0.15, -0.1) is 0 Å². The van der Waals surface area contributed by atoms with Gasteiger partial charge in [0.25, 0.3) is 0 Å². The van der Waals surface area contributed by atoms with Gasteiger partial charge in [0, 0.05) is 12.2 Å². The van der Waals surface area contributed by atoms with Gasteiger partial charge in [0.2, 0.25) is 0 Å². The maximum absolute atomic E-state index is 11.9. The summed E-state index contributed by atoms with van der Waals surface area (Å²) in [5, 5.41) is 0. The van der Waals surface area contributed by atoms with Crippen LogP contribution in [0.3, 0.4) is 0 Å². The zero-order chi connectivity index (χ0) is 11.6. The summed E-state index contributed by atoms with van der Waals surface area (Å²) >= 11 is 3.99. The minimum Gasteiger partial charge on any atom is -0.321 e. The number of thiol groups is 1. The Hall–Kier alpha value is -0.350. The van der Waals surface area contributed by atoms with Crippen molar-refractivity contribution < 1.29 is 9.59 Å². The van der Waals surface area contributed by atoms with Crippen LogP contribution in [0.1, 0.15) is 26.7 Å². The molecular weight excluding hydrogens is 210 g/mol. The van der Waals surface area contributed by atoms with Crippen LogP contribution >= 0.6 is 12.6 Å². The zero-order valence-electron chi connectivity index (χ0n) is 9.27. The summed E-state index contributed by atoms with van der Waals surface area (Å²) < 4.78 is 0. The lowest BCUT2D eigenvalue weighted by Gasteiger charge is -2.31. The number of hydrogen-bond acceptors (Lipinski definition) is 4. The maximum atomic E-state index is 11.9. The van der Waals surface area contributed by atoms with Crippen molar-refractivity contribution in [3.05, 3.63) is 0 Å². The lowest BCUT2D eigenvalue weighted by Crippen LogP contribution is -2.45. The molecule has 1 rings (SSSR count). The van der Waals surface area contributed by atoms with Gasteiger partial charge in [0.15, 0.2) is 5.78 Å². The van der Waals surface area contributed by atoms with Crippen molar-refractivity contribution in [1.82, 2.24) is 0 Å². The molecule has 0 radical (unpaired) electrons. The highest BCUT2D eigenvalue weighted by Crippen LogP contribution is 2.31. The highest BCUT2D eigenvalue weighted by Gasteiger charge is 2.38. The Morgan fingerprint density at radius 3 is 2.67 bits per heavy atom. The molecule has 0 aliphatic heterocycles. The van der Waals surface area contributed by atoms with Crippen molar-refractivity contribution in [3.63, 3.8) is 0 Å². The Bertz CT molecular complexity index is 267. The van der Waals surface area contributed by atoms with Gasteiger partial charge in [-0.05, 0) is 18.3 Å². The Morgan fingerprint density at radius 2 is 2.20 bits per heavy atom. The first-order valence-corrected chi connectivity index (χ1v) is 6.03. The summed E-state index contributed by atoms with van der Waals surface area (Å²) in [6.45, 7) is 4.01. The third-order valence-electron chi connectivity index (χ3n) is 3.11. The van der Waals surface area contributed by atoms with E-state index in [4.69, 9.17) is 5.73 Å². The second-order valence-corrected chi connectivity index (χ2v) is 5.02. The van der Waals surface area contributed by atoms with Crippen molar-refractivity contribution in [2.45, 2.75) is 32.7 Å². The molecule has 4 heteroatoms. The standard InChI is InChI=1S/C11H19NO2S/c1-6-3-7(2)10(9(13)4-6)11(14)8(12)5-15/h6-8,10,15H,3-5,12H2,1-2H3/t6?,7?,8-,10?/m0/s1. The largest absolute Gasteiger partial charge is 0.321 e. The Balaban J connectivity index is 2.75. The molecule has 3 unspecified atom stereocenters. The molecular formula is C11H19NO2S. The van der Waals surface area contributed by atoms with Gasteiger partial charge in [-0.25, -0.2) is 0 Å². The molecule has 3 nitrogen and oxygen atoms in total. The summed E-state index contributed by atoms with van der Waals surface area (Å²) in [5.74, 6) is 0.273. The highest BCUT2D eigenvalue weighted by atomic mass is 32.1. The lowest BCUT2D eigenvalue weighted by atomic mass is 9.72. The normalized spacial score (nSPS) is 33.9. The van der Waals surface area contributed by atoms with Crippen molar-refractivity contribution in [1.29, 1.82) is 0 Å². The molecule has 1 aliphatic rings. The van der Waals surface area contributed by atoms with E-state index in [1.807, 2.05) is 13.8 Å². The maximum Gasteiger partial charge on any atom is 0.161 e. The van der Waals surface area contributed by atoms with Crippen molar-refractivity contribution in [2.24, 2.45) is 23.5 Å². The molecule has 0 saturated heterocycles. The van der Waals surface area contributed by atoms with Gasteiger partial charge in [-0.2, -0.15) is 12.6 Å². The minimum absolute atomic E-state index is 0.0588. The molecule has 4 atom stereocenters. The highest BCUT2D eigenvalue weighted by molar-refractivity contribution is 7.80. The molecule has 0 amide bonds. The first-order valence-electron chi connectivity index (χ1n) is 5.40. The Labute approximate surface area is 96.2 Å². The van der Waals surface area contributed by atoms with Crippen LogP contribution in [0.2, 0.25) is 0 Å². The lowest BCUT2D eigenvalue weighted by molar-refractivity contribution is -0.138. The molecule has 0 aromatic rings. The predicted molar refractivity (Wildman–Crippen MR) is 62.9 cm³/mol. The zero-order valence-corrected chi connectivity index (χ0v) is 10.2. The Kier molecular flexibility index (Phi) is 4.34. The summed E-state index contributed by atoms with van der Waals surface area (Å²) in [7, 11) is 0. The topological polar surface area (TPSA) is 60.2 Å². The van der Waals surface area contributed by atoms with Crippen LogP contribution in [-0.4, -0.2) is 23.4 Å². The van der Waals surface area contributed by atoms with E-state index in [9.17, 15) is 9.59 Å². The van der Waals surface area contributed by atoms with E-state index in [2.05, 4.69) is 12.6 Å². The number of Topliss-reactive ketones (excluding diaryl/α,β-unsaturated/α-hetero) is 2. The quantitative estimate of drug-likeness (QED) is 0.562. The van der Waals surface area contributed by atoms with Gasteiger partial charge < -0.3 is 5.73 Å². The van der Waals surface area contributed by atoms with E-state index in [0.717, 1.165) is 6.42 Å². The molecule has 86 valence electrons. The van der Waals surface area contributed by atoms with Crippen LogP contribution in [0.25, 0.3) is 0 Å². The average Bonchev–Trinajstić information content (AvgIpc) is 2.14. The van der Waals surface area contributed by atoms with Crippen LogP contribution in [0.4, 0.5) is 0 Å². The van der Waals surface area contributed by atoms with E-state index >= 15 is 0 Å². The van der Waals surface area contributed by atoms with Gasteiger partial charge in [0.05, 0.1) is 12.0 Å². The Morgan fingerprint density at radius 1 is 1.60 bits per heavy atom. The SMILES string of the molecule is CC1CC(=O)C(C(=O)[C@@H](N)CS)C(C)C1. The summed E-state index contributed by atoms with van der Waals surface area (Å²) in [5.41, 5.74) is 5.63. The number of ketones is 2. The number of hydrogen-bond donors (Lipinski definition) is 2. The van der Waals surface area contributed by atoms with Crippen molar-refractivity contribution >= 4 is 24.2 Å². The van der Waals surface area contributed by atoms with Gasteiger partial charge in [-0.1, -0.05) is 13.8 Å². The molecule has 1 fully saturated rings. The summed E-state index contributed by atoms with van der Waals surface area (Å²) in [6, 6.07) is -0.599. The third kappa shape index (κ3) is 2.82. The van der Waals surface area contributed by atoms with E-state index in [0.29, 0.717) is 18.1 Å². The van der Waals surface area contributed by atoms with Crippen LogP contribution in [-0.2, 0) is 9.59 Å². The second-order valence-electron chi connectivity index (χ2n) is 4.66. The van der Waals surface area contributed by atoms with Gasteiger partial charge >= 0.3 is 0 Å². The van der Waals surface area contributed by atoms with Crippen molar-refractivity contribution in [2.75, 3.05) is 5.75 Å².